The summed E-state index contributed by atoms with van der Waals surface area (Å²) in [5, 5.41) is 17.2. The van der Waals surface area contributed by atoms with Gasteiger partial charge in [0.15, 0.2) is 6.10 Å². The van der Waals surface area contributed by atoms with Gasteiger partial charge in [-0.3, -0.25) is 9.59 Å². The lowest BCUT2D eigenvalue weighted by atomic mass is 9.84. The number of rotatable bonds is 2. The van der Waals surface area contributed by atoms with Crippen molar-refractivity contribution in [1.29, 1.82) is 0 Å². The van der Waals surface area contributed by atoms with Gasteiger partial charge in [0.2, 0.25) is 5.91 Å². The van der Waals surface area contributed by atoms with E-state index in [1.807, 2.05) is 24.3 Å². The van der Waals surface area contributed by atoms with Crippen molar-refractivity contribution >= 4 is 34.8 Å². The highest BCUT2D eigenvalue weighted by Gasteiger charge is 2.45. The van der Waals surface area contributed by atoms with Gasteiger partial charge in [-0.1, -0.05) is 35.9 Å². The predicted octanol–water partition coefficient (Wildman–Crippen LogP) is 2.80. The predicted molar refractivity (Wildman–Crippen MR) is 104 cm³/mol. The van der Waals surface area contributed by atoms with E-state index in [-0.39, 0.29) is 11.8 Å². The van der Waals surface area contributed by atoms with Crippen molar-refractivity contribution < 1.29 is 14.7 Å². The summed E-state index contributed by atoms with van der Waals surface area (Å²) >= 11 is 5.86. The number of fused-ring (bicyclic) bond motifs is 1. The Labute approximate surface area is 162 Å². The molecule has 1 atom stereocenters. The number of nitrogens with zero attached hydrogens (tertiary/aromatic N) is 1. The average molecular weight is 386 g/mol. The van der Waals surface area contributed by atoms with E-state index >= 15 is 0 Å². The molecule has 2 heterocycles. The van der Waals surface area contributed by atoms with Crippen LogP contribution in [0.15, 0.2) is 48.5 Å². The maximum Gasteiger partial charge on any atom is 0.256 e. The number of carbonyl (C=O) groups excluding carboxylic acids is 2. The van der Waals surface area contributed by atoms with Gasteiger partial charge < -0.3 is 20.6 Å². The Morgan fingerprint density at radius 1 is 1.07 bits per heavy atom. The van der Waals surface area contributed by atoms with Crippen molar-refractivity contribution in [3.63, 3.8) is 0 Å². The lowest BCUT2D eigenvalue weighted by Gasteiger charge is -2.44. The fourth-order valence-corrected chi connectivity index (χ4v) is 3.81. The highest BCUT2D eigenvalue weighted by molar-refractivity contribution is 6.30. The monoisotopic (exact) mass is 385 g/mol. The van der Waals surface area contributed by atoms with Crippen LogP contribution in [0.4, 0.5) is 11.4 Å². The summed E-state index contributed by atoms with van der Waals surface area (Å²) < 4.78 is 0. The van der Waals surface area contributed by atoms with Gasteiger partial charge in [0, 0.05) is 18.1 Å². The Morgan fingerprint density at radius 3 is 2.37 bits per heavy atom. The second kappa shape index (κ2) is 6.87. The smallest absolute Gasteiger partial charge is 0.256 e. The Balaban J connectivity index is 1.45. The van der Waals surface area contributed by atoms with Gasteiger partial charge >= 0.3 is 0 Å². The molecule has 0 aromatic heterocycles. The van der Waals surface area contributed by atoms with Crippen LogP contribution < -0.4 is 10.6 Å². The minimum absolute atomic E-state index is 0.0773. The molecule has 3 N–H and O–H groups in total. The number of likely N-dealkylation sites (tertiary alicyclic amines) is 1. The van der Waals surface area contributed by atoms with Crippen LogP contribution in [0.5, 0.6) is 0 Å². The molecule has 140 valence electrons. The zero-order valence-corrected chi connectivity index (χ0v) is 15.4. The number of para-hydroxylation sites is 2. The maximum atomic E-state index is 12.7. The van der Waals surface area contributed by atoms with Crippen LogP contribution in [0.1, 0.15) is 24.5 Å². The molecule has 7 heteroatoms. The van der Waals surface area contributed by atoms with Gasteiger partial charge in [-0.25, -0.2) is 0 Å². The molecule has 1 saturated heterocycles. The lowest BCUT2D eigenvalue weighted by Crippen LogP contribution is -2.59. The molecule has 4 rings (SSSR count). The minimum atomic E-state index is -1.23. The number of benzene rings is 2. The number of aliphatic hydroxyl groups excluding tert-OH is 1. The molecule has 27 heavy (non-hydrogen) atoms. The number of piperidine rings is 1. The average Bonchev–Trinajstić information content (AvgIpc) is 2.69. The zero-order chi connectivity index (χ0) is 19.0. The lowest BCUT2D eigenvalue weighted by molar-refractivity contribution is -0.143. The van der Waals surface area contributed by atoms with Gasteiger partial charge in [-0.2, -0.15) is 0 Å². The first kappa shape index (κ1) is 17.8. The summed E-state index contributed by atoms with van der Waals surface area (Å²) in [7, 11) is 0. The van der Waals surface area contributed by atoms with Gasteiger partial charge in [-0.15, -0.1) is 0 Å². The molecule has 0 aliphatic carbocycles. The number of anilines is 2. The molecule has 2 aromatic rings. The topological polar surface area (TPSA) is 81.7 Å². The van der Waals surface area contributed by atoms with Gasteiger partial charge in [0.05, 0.1) is 11.4 Å². The number of hydrogen-bond donors (Lipinski definition) is 3. The second-order valence-corrected chi connectivity index (χ2v) is 7.42. The van der Waals surface area contributed by atoms with Crippen LogP contribution in [-0.4, -0.2) is 40.4 Å². The molecule has 0 radical (unpaired) electrons. The molecule has 1 fully saturated rings. The molecule has 2 aromatic carbocycles. The molecule has 0 saturated carbocycles. The first-order valence-corrected chi connectivity index (χ1v) is 9.27. The number of nitrogens with one attached hydrogen (secondary N) is 2. The highest BCUT2D eigenvalue weighted by Crippen LogP contribution is 2.36. The van der Waals surface area contributed by atoms with Crippen LogP contribution in [-0.2, 0) is 9.59 Å². The van der Waals surface area contributed by atoms with Crippen molar-refractivity contribution in [1.82, 2.24) is 4.90 Å². The Morgan fingerprint density at radius 2 is 1.70 bits per heavy atom. The second-order valence-electron chi connectivity index (χ2n) is 6.99. The summed E-state index contributed by atoms with van der Waals surface area (Å²) in [4.78, 5) is 26.9. The largest absolute Gasteiger partial charge is 0.378 e. The van der Waals surface area contributed by atoms with Crippen LogP contribution >= 0.6 is 11.6 Å². The van der Waals surface area contributed by atoms with Gasteiger partial charge in [0.25, 0.3) is 5.91 Å². The molecule has 2 aliphatic rings. The fraction of sp³-hybridized carbons (Fsp3) is 0.300. The SMILES string of the molecule is O=C([C@H](O)c1ccc(Cl)cc1)N1CCC2(CC1)Nc1ccccc1NC2=O. The Kier molecular flexibility index (Phi) is 4.53. The summed E-state index contributed by atoms with van der Waals surface area (Å²) in [5.74, 6) is -0.435. The first-order chi connectivity index (χ1) is 13.0. The Bertz CT molecular complexity index is 876. The van der Waals surface area contributed by atoms with Crippen molar-refractivity contribution in [2.24, 2.45) is 0 Å². The third-order valence-electron chi connectivity index (χ3n) is 5.33. The maximum absolute atomic E-state index is 12.7. The van der Waals surface area contributed by atoms with E-state index in [1.165, 1.54) is 0 Å². The molecule has 0 bridgehead atoms. The van der Waals surface area contributed by atoms with Crippen LogP contribution in [0, 0.1) is 0 Å². The van der Waals surface area contributed by atoms with Crippen molar-refractivity contribution in [2.45, 2.75) is 24.5 Å². The number of carbonyl (C=O) groups is 2. The molecular formula is C20H20ClN3O3. The molecule has 2 amide bonds. The third-order valence-corrected chi connectivity index (χ3v) is 5.58. The summed E-state index contributed by atoms with van der Waals surface area (Å²) in [6.45, 7) is 0.790. The normalized spacial score (nSPS) is 19.0. The van der Waals surface area contributed by atoms with E-state index in [4.69, 9.17) is 11.6 Å². The van der Waals surface area contributed by atoms with Crippen LogP contribution in [0.3, 0.4) is 0 Å². The molecular weight excluding hydrogens is 366 g/mol. The number of amides is 2. The highest BCUT2D eigenvalue weighted by atomic mass is 35.5. The fourth-order valence-electron chi connectivity index (χ4n) is 3.68. The van der Waals surface area contributed by atoms with Crippen molar-refractivity contribution in [2.75, 3.05) is 23.7 Å². The van der Waals surface area contributed by atoms with E-state index in [1.54, 1.807) is 29.2 Å². The third kappa shape index (κ3) is 3.26. The van der Waals surface area contributed by atoms with E-state index in [0.29, 0.717) is 36.5 Å². The van der Waals surface area contributed by atoms with Crippen molar-refractivity contribution in [3.05, 3.63) is 59.1 Å². The molecule has 0 unspecified atom stereocenters. The standard InChI is InChI=1S/C20H20ClN3O3/c21-14-7-5-13(6-8-14)17(25)18(26)24-11-9-20(10-12-24)19(27)22-15-3-1-2-4-16(15)23-20/h1-8,17,23,25H,9-12H2,(H,22,27)/t17-/m1/s1. The number of halogens is 1. The Hall–Kier alpha value is -2.57. The molecule has 1 spiro atoms. The van der Waals surface area contributed by atoms with Crippen LogP contribution in [0.2, 0.25) is 5.02 Å². The minimum Gasteiger partial charge on any atom is -0.378 e. The van der Waals surface area contributed by atoms with E-state index in [0.717, 1.165) is 11.4 Å². The zero-order valence-electron chi connectivity index (χ0n) is 14.6. The quantitative estimate of drug-likeness (QED) is 0.742. The number of aliphatic hydroxyl groups is 1. The molecule has 6 nitrogen and oxygen atoms in total. The van der Waals surface area contributed by atoms with Gasteiger partial charge in [0.1, 0.15) is 5.54 Å². The van der Waals surface area contributed by atoms with E-state index in [2.05, 4.69) is 10.6 Å². The van der Waals surface area contributed by atoms with Crippen LogP contribution in [0.25, 0.3) is 0 Å². The first-order valence-electron chi connectivity index (χ1n) is 8.89. The van der Waals surface area contributed by atoms with E-state index in [9.17, 15) is 14.7 Å². The summed E-state index contributed by atoms with van der Waals surface area (Å²) in [5.41, 5.74) is 1.44. The van der Waals surface area contributed by atoms with E-state index < -0.39 is 11.6 Å². The van der Waals surface area contributed by atoms with Gasteiger partial charge in [-0.05, 0) is 42.7 Å². The summed E-state index contributed by atoms with van der Waals surface area (Å²) in [6, 6.07) is 14.1. The number of hydrogen-bond acceptors (Lipinski definition) is 4. The van der Waals surface area contributed by atoms with Crippen molar-refractivity contribution in [3.8, 4) is 0 Å². The molecule has 2 aliphatic heterocycles. The summed E-state index contributed by atoms with van der Waals surface area (Å²) in [6.07, 6.45) is -0.274.